The molecule has 0 spiro atoms. The Bertz CT molecular complexity index is 232. The first kappa shape index (κ1) is 11.6. The molecule has 0 aliphatic rings. The summed E-state index contributed by atoms with van der Waals surface area (Å²) in [5.74, 6) is 0.0896. The molecule has 0 unspecified atom stereocenters. The van der Waals surface area contributed by atoms with Gasteiger partial charge in [-0.15, -0.1) is 0 Å². The Balaban J connectivity index is 3.40. The van der Waals surface area contributed by atoms with Crippen molar-refractivity contribution in [1.29, 1.82) is 0 Å². The van der Waals surface area contributed by atoms with Crippen molar-refractivity contribution < 1.29 is 9.59 Å². The SMILES string of the molecule is CC(=O)CCC(=O)CCCN=[N+]=[N-]. The number of Topliss-reactive ketones (excluding diaryl/α,β-unsaturated/α-hetero) is 2. The van der Waals surface area contributed by atoms with E-state index in [9.17, 15) is 9.59 Å². The van der Waals surface area contributed by atoms with E-state index in [1.807, 2.05) is 0 Å². The molecule has 5 heteroatoms. The number of rotatable bonds is 7. The van der Waals surface area contributed by atoms with Gasteiger partial charge < -0.3 is 4.79 Å². The van der Waals surface area contributed by atoms with Crippen LogP contribution >= 0.6 is 0 Å². The predicted molar refractivity (Wildman–Crippen MR) is 48.2 cm³/mol. The Morgan fingerprint density at radius 1 is 1.31 bits per heavy atom. The summed E-state index contributed by atoms with van der Waals surface area (Å²) in [6.45, 7) is 1.82. The molecule has 0 bridgehead atoms. The number of nitrogens with zero attached hydrogens (tertiary/aromatic N) is 3. The second-order valence-corrected chi connectivity index (χ2v) is 2.80. The highest BCUT2D eigenvalue weighted by atomic mass is 16.1. The lowest BCUT2D eigenvalue weighted by Crippen LogP contribution is -2.01. The van der Waals surface area contributed by atoms with Crippen LogP contribution in [0.1, 0.15) is 32.6 Å². The molecule has 0 amide bonds. The molecule has 13 heavy (non-hydrogen) atoms. The minimum Gasteiger partial charge on any atom is -0.300 e. The summed E-state index contributed by atoms with van der Waals surface area (Å²) in [5, 5.41) is 3.30. The third kappa shape index (κ3) is 8.56. The smallest absolute Gasteiger partial charge is 0.133 e. The molecule has 0 atom stereocenters. The average Bonchev–Trinajstić information content (AvgIpc) is 2.09. The van der Waals surface area contributed by atoms with Gasteiger partial charge in [0.05, 0.1) is 0 Å². The summed E-state index contributed by atoms with van der Waals surface area (Å²) in [5.41, 5.74) is 7.94. The third-order valence-electron chi connectivity index (χ3n) is 1.53. The summed E-state index contributed by atoms with van der Waals surface area (Å²) in [6.07, 6.45) is 1.60. The van der Waals surface area contributed by atoms with E-state index in [-0.39, 0.29) is 11.6 Å². The largest absolute Gasteiger partial charge is 0.300 e. The fraction of sp³-hybridized carbons (Fsp3) is 0.750. The quantitative estimate of drug-likeness (QED) is 0.262. The van der Waals surface area contributed by atoms with E-state index in [1.54, 1.807) is 0 Å². The lowest BCUT2D eigenvalue weighted by atomic mass is 10.1. The van der Waals surface area contributed by atoms with Crippen LogP contribution in [0.15, 0.2) is 5.11 Å². The van der Waals surface area contributed by atoms with Crippen LogP contribution in [0.25, 0.3) is 10.4 Å². The normalized spacial score (nSPS) is 9.00. The molecular weight excluding hydrogens is 170 g/mol. The van der Waals surface area contributed by atoms with Gasteiger partial charge in [-0.3, -0.25) is 4.79 Å². The van der Waals surface area contributed by atoms with Crippen LogP contribution in [0.5, 0.6) is 0 Å². The summed E-state index contributed by atoms with van der Waals surface area (Å²) < 4.78 is 0. The monoisotopic (exact) mass is 183 g/mol. The maximum Gasteiger partial charge on any atom is 0.133 e. The zero-order chi connectivity index (χ0) is 10.1. The molecule has 0 aromatic heterocycles. The maximum atomic E-state index is 11.0. The van der Waals surface area contributed by atoms with Crippen molar-refractivity contribution in [3.05, 3.63) is 10.4 Å². The summed E-state index contributed by atoms with van der Waals surface area (Å²) in [6, 6.07) is 0. The maximum absolute atomic E-state index is 11.0. The fourth-order valence-electron chi connectivity index (χ4n) is 0.832. The third-order valence-corrected chi connectivity index (χ3v) is 1.53. The van der Waals surface area contributed by atoms with Crippen molar-refractivity contribution in [2.24, 2.45) is 5.11 Å². The molecule has 0 radical (unpaired) electrons. The van der Waals surface area contributed by atoms with Gasteiger partial charge >= 0.3 is 0 Å². The minimum absolute atomic E-state index is 0.0309. The lowest BCUT2D eigenvalue weighted by Gasteiger charge is -1.96. The van der Waals surface area contributed by atoms with Gasteiger partial charge in [0.15, 0.2) is 0 Å². The molecular formula is C8H13N3O2. The van der Waals surface area contributed by atoms with E-state index < -0.39 is 0 Å². The molecule has 0 aliphatic carbocycles. The van der Waals surface area contributed by atoms with Gasteiger partial charge in [-0.05, 0) is 18.9 Å². The Kier molecular flexibility index (Phi) is 6.55. The van der Waals surface area contributed by atoms with E-state index in [0.717, 1.165) is 0 Å². The zero-order valence-electron chi connectivity index (χ0n) is 7.69. The number of ketones is 2. The molecule has 0 saturated carbocycles. The van der Waals surface area contributed by atoms with Crippen LogP contribution in [0.3, 0.4) is 0 Å². The van der Waals surface area contributed by atoms with E-state index in [1.165, 1.54) is 6.92 Å². The molecule has 5 nitrogen and oxygen atoms in total. The van der Waals surface area contributed by atoms with Crippen LogP contribution in [0.4, 0.5) is 0 Å². The number of hydrogen-bond donors (Lipinski definition) is 0. The molecule has 0 aromatic rings. The zero-order valence-corrected chi connectivity index (χ0v) is 7.69. The Labute approximate surface area is 76.8 Å². The number of carbonyl (C=O) groups is 2. The van der Waals surface area contributed by atoms with Crippen molar-refractivity contribution in [2.75, 3.05) is 6.54 Å². The van der Waals surface area contributed by atoms with E-state index in [0.29, 0.717) is 32.2 Å². The van der Waals surface area contributed by atoms with Crippen LogP contribution in [0, 0.1) is 0 Å². The average molecular weight is 183 g/mol. The molecule has 0 aromatic carbocycles. The Hall–Kier alpha value is -1.35. The summed E-state index contributed by atoms with van der Waals surface area (Å²) >= 11 is 0. The van der Waals surface area contributed by atoms with Gasteiger partial charge in [0.25, 0.3) is 0 Å². The van der Waals surface area contributed by atoms with Crippen molar-refractivity contribution in [3.63, 3.8) is 0 Å². The van der Waals surface area contributed by atoms with E-state index in [4.69, 9.17) is 5.53 Å². The first-order chi connectivity index (χ1) is 6.16. The highest BCUT2D eigenvalue weighted by molar-refractivity contribution is 5.84. The van der Waals surface area contributed by atoms with Crippen molar-refractivity contribution >= 4 is 11.6 Å². The molecule has 0 aliphatic heterocycles. The second-order valence-electron chi connectivity index (χ2n) is 2.80. The lowest BCUT2D eigenvalue weighted by molar-refractivity contribution is -0.123. The summed E-state index contributed by atoms with van der Waals surface area (Å²) in [4.78, 5) is 24.1. The van der Waals surface area contributed by atoms with Crippen molar-refractivity contribution in [2.45, 2.75) is 32.6 Å². The van der Waals surface area contributed by atoms with Gasteiger partial charge in [-0.25, -0.2) is 0 Å². The van der Waals surface area contributed by atoms with Crippen molar-refractivity contribution in [1.82, 2.24) is 0 Å². The number of hydrogen-bond acceptors (Lipinski definition) is 3. The predicted octanol–water partition coefficient (Wildman–Crippen LogP) is 2.02. The molecule has 0 fully saturated rings. The number of azide groups is 1. The van der Waals surface area contributed by atoms with Crippen LogP contribution in [-0.4, -0.2) is 18.1 Å². The topological polar surface area (TPSA) is 82.9 Å². The summed E-state index contributed by atoms with van der Waals surface area (Å²) in [7, 11) is 0. The second kappa shape index (κ2) is 7.31. The molecule has 0 heterocycles. The highest BCUT2D eigenvalue weighted by Gasteiger charge is 2.02. The first-order valence-corrected chi connectivity index (χ1v) is 4.19. The van der Waals surface area contributed by atoms with Gasteiger partial charge in [-0.2, -0.15) is 0 Å². The van der Waals surface area contributed by atoms with E-state index in [2.05, 4.69) is 10.0 Å². The van der Waals surface area contributed by atoms with Crippen LogP contribution in [0.2, 0.25) is 0 Å². The molecule has 0 rings (SSSR count). The van der Waals surface area contributed by atoms with Crippen molar-refractivity contribution in [3.8, 4) is 0 Å². The van der Waals surface area contributed by atoms with E-state index >= 15 is 0 Å². The van der Waals surface area contributed by atoms with Crippen LogP contribution in [-0.2, 0) is 9.59 Å². The molecule has 0 saturated heterocycles. The minimum atomic E-state index is 0.0309. The van der Waals surface area contributed by atoms with Crippen LogP contribution < -0.4 is 0 Å². The molecule has 72 valence electrons. The van der Waals surface area contributed by atoms with Gasteiger partial charge in [0, 0.05) is 30.7 Å². The van der Waals surface area contributed by atoms with Gasteiger partial charge in [0.1, 0.15) is 11.6 Å². The van der Waals surface area contributed by atoms with Gasteiger partial charge in [-0.1, -0.05) is 5.11 Å². The highest BCUT2D eigenvalue weighted by Crippen LogP contribution is 1.99. The standard InChI is InChI=1S/C8H13N3O2/c1-7(12)4-5-8(13)3-2-6-10-11-9/h2-6H2,1H3. The Morgan fingerprint density at radius 2 is 2.00 bits per heavy atom. The Morgan fingerprint density at radius 3 is 2.54 bits per heavy atom. The number of carbonyl (C=O) groups excluding carboxylic acids is 2. The van der Waals surface area contributed by atoms with Gasteiger partial charge in [0.2, 0.25) is 0 Å². The molecule has 0 N–H and O–H groups in total. The fourth-order valence-corrected chi connectivity index (χ4v) is 0.832. The first-order valence-electron chi connectivity index (χ1n) is 4.19.